The molecular formula is C20H23N3O2. The van der Waals surface area contributed by atoms with Gasteiger partial charge in [0, 0.05) is 5.69 Å². The molecule has 2 amide bonds. The number of rotatable bonds is 3. The van der Waals surface area contributed by atoms with Gasteiger partial charge in [-0.2, -0.15) is 5.10 Å². The Morgan fingerprint density at radius 1 is 0.920 bits per heavy atom. The van der Waals surface area contributed by atoms with E-state index in [1.165, 1.54) is 11.8 Å². The Balaban J connectivity index is 1.89. The van der Waals surface area contributed by atoms with Crippen molar-refractivity contribution < 1.29 is 9.59 Å². The maximum atomic E-state index is 11.8. The van der Waals surface area contributed by atoms with Crippen LogP contribution in [0.4, 0.5) is 5.69 Å². The van der Waals surface area contributed by atoms with Crippen LogP contribution in [0.3, 0.4) is 0 Å². The Hall–Kier alpha value is -2.95. The topological polar surface area (TPSA) is 70.6 Å². The molecule has 0 aromatic heterocycles. The Kier molecular flexibility index (Phi) is 5.70. The fourth-order valence-electron chi connectivity index (χ4n) is 2.11. The number of amides is 2. The van der Waals surface area contributed by atoms with E-state index in [1.807, 2.05) is 43.3 Å². The zero-order valence-electron chi connectivity index (χ0n) is 15.0. The maximum Gasteiger partial charge on any atom is 0.329 e. The van der Waals surface area contributed by atoms with Crippen LogP contribution in [0.1, 0.15) is 37.5 Å². The highest BCUT2D eigenvalue weighted by molar-refractivity contribution is 6.39. The average Bonchev–Trinajstić information content (AvgIpc) is 2.56. The molecule has 0 spiro atoms. The van der Waals surface area contributed by atoms with Crippen molar-refractivity contribution in [2.45, 2.75) is 33.1 Å². The van der Waals surface area contributed by atoms with Gasteiger partial charge in [-0.3, -0.25) is 9.59 Å². The van der Waals surface area contributed by atoms with Crippen LogP contribution >= 0.6 is 0 Å². The molecule has 0 saturated heterocycles. The molecule has 2 rings (SSSR count). The zero-order chi connectivity index (χ0) is 18.4. The van der Waals surface area contributed by atoms with Crippen molar-refractivity contribution in [3.63, 3.8) is 0 Å². The van der Waals surface area contributed by atoms with Gasteiger partial charge in [0.15, 0.2) is 0 Å². The number of hydrogen-bond acceptors (Lipinski definition) is 3. The van der Waals surface area contributed by atoms with Gasteiger partial charge in [0.1, 0.15) is 0 Å². The fourth-order valence-corrected chi connectivity index (χ4v) is 2.11. The van der Waals surface area contributed by atoms with Crippen LogP contribution in [0.5, 0.6) is 0 Å². The first-order chi connectivity index (χ1) is 11.8. The summed E-state index contributed by atoms with van der Waals surface area (Å²) in [5.74, 6) is -1.58. The molecule has 2 aromatic carbocycles. The third-order valence-corrected chi connectivity index (χ3v) is 3.67. The highest BCUT2D eigenvalue weighted by atomic mass is 16.2. The van der Waals surface area contributed by atoms with Gasteiger partial charge in [0.25, 0.3) is 0 Å². The minimum atomic E-state index is -0.817. The van der Waals surface area contributed by atoms with Crippen LogP contribution < -0.4 is 10.7 Å². The molecule has 0 bridgehead atoms. The molecule has 130 valence electrons. The highest BCUT2D eigenvalue weighted by Crippen LogP contribution is 2.21. The summed E-state index contributed by atoms with van der Waals surface area (Å²) in [6.45, 7) is 8.37. The van der Waals surface area contributed by atoms with E-state index in [0.29, 0.717) is 5.69 Å². The Morgan fingerprint density at radius 3 is 2.08 bits per heavy atom. The molecule has 0 aliphatic rings. The second-order valence-electron chi connectivity index (χ2n) is 6.89. The zero-order valence-corrected chi connectivity index (χ0v) is 15.0. The molecule has 5 heteroatoms. The lowest BCUT2D eigenvalue weighted by Crippen LogP contribution is -2.32. The van der Waals surface area contributed by atoms with Crippen molar-refractivity contribution in [1.82, 2.24) is 5.43 Å². The third-order valence-electron chi connectivity index (χ3n) is 3.67. The molecule has 0 heterocycles. The van der Waals surface area contributed by atoms with Gasteiger partial charge in [-0.15, -0.1) is 0 Å². The second-order valence-corrected chi connectivity index (χ2v) is 6.89. The standard InChI is InChI=1S/C20H23N3O2/c1-14-5-11-17(12-6-14)22-18(24)19(25)23-21-13-15-7-9-16(10-8-15)20(2,3)4/h5-13H,1-4H3,(H,22,24)(H,23,25). The van der Waals surface area contributed by atoms with Crippen molar-refractivity contribution in [3.05, 3.63) is 65.2 Å². The molecule has 2 aromatic rings. The molecule has 0 unspecified atom stereocenters. The Labute approximate surface area is 148 Å². The van der Waals surface area contributed by atoms with Gasteiger partial charge in [0.2, 0.25) is 0 Å². The third kappa shape index (κ3) is 5.57. The molecule has 5 nitrogen and oxygen atoms in total. The molecular weight excluding hydrogens is 314 g/mol. The first-order valence-electron chi connectivity index (χ1n) is 8.07. The molecule has 0 aliphatic carbocycles. The Bertz CT molecular complexity index is 770. The van der Waals surface area contributed by atoms with Crippen LogP contribution in [0.2, 0.25) is 0 Å². The van der Waals surface area contributed by atoms with E-state index in [-0.39, 0.29) is 5.41 Å². The van der Waals surface area contributed by atoms with E-state index in [1.54, 1.807) is 12.1 Å². The Morgan fingerprint density at radius 2 is 1.52 bits per heavy atom. The van der Waals surface area contributed by atoms with Crippen molar-refractivity contribution >= 4 is 23.7 Å². The van der Waals surface area contributed by atoms with Crippen molar-refractivity contribution in [2.24, 2.45) is 5.10 Å². The monoisotopic (exact) mass is 337 g/mol. The van der Waals surface area contributed by atoms with Crippen molar-refractivity contribution in [1.29, 1.82) is 0 Å². The van der Waals surface area contributed by atoms with Crippen molar-refractivity contribution in [2.75, 3.05) is 5.32 Å². The number of nitrogens with zero attached hydrogens (tertiary/aromatic N) is 1. The lowest BCUT2D eigenvalue weighted by Gasteiger charge is -2.18. The summed E-state index contributed by atoms with van der Waals surface area (Å²) in [5.41, 5.74) is 6.00. The minimum absolute atomic E-state index is 0.0813. The quantitative estimate of drug-likeness (QED) is 0.512. The number of anilines is 1. The summed E-state index contributed by atoms with van der Waals surface area (Å²) in [5, 5.41) is 6.34. The number of hydrogen-bond donors (Lipinski definition) is 2. The van der Waals surface area contributed by atoms with E-state index in [4.69, 9.17) is 0 Å². The number of carbonyl (C=O) groups is 2. The van der Waals surface area contributed by atoms with Crippen LogP contribution in [-0.2, 0) is 15.0 Å². The summed E-state index contributed by atoms with van der Waals surface area (Å²) in [6.07, 6.45) is 1.50. The summed E-state index contributed by atoms with van der Waals surface area (Å²) >= 11 is 0. The predicted octanol–water partition coefficient (Wildman–Crippen LogP) is 3.38. The van der Waals surface area contributed by atoms with Crippen LogP contribution in [0.25, 0.3) is 0 Å². The van der Waals surface area contributed by atoms with Gasteiger partial charge < -0.3 is 5.32 Å². The molecule has 0 radical (unpaired) electrons. The van der Waals surface area contributed by atoms with Gasteiger partial charge in [-0.1, -0.05) is 62.7 Å². The SMILES string of the molecule is Cc1ccc(NC(=O)C(=O)NN=Cc2ccc(C(C)(C)C)cc2)cc1. The van der Waals surface area contributed by atoms with Gasteiger partial charge in [-0.05, 0) is 35.6 Å². The number of aryl methyl sites for hydroxylation is 1. The second kappa shape index (κ2) is 7.75. The lowest BCUT2D eigenvalue weighted by molar-refractivity contribution is -0.136. The molecule has 0 aliphatic heterocycles. The van der Waals surface area contributed by atoms with Crippen LogP contribution in [0, 0.1) is 6.92 Å². The van der Waals surface area contributed by atoms with Crippen LogP contribution in [-0.4, -0.2) is 18.0 Å². The maximum absolute atomic E-state index is 11.8. The summed E-state index contributed by atoms with van der Waals surface area (Å²) in [4.78, 5) is 23.6. The number of nitrogens with one attached hydrogen (secondary N) is 2. The lowest BCUT2D eigenvalue weighted by atomic mass is 9.87. The van der Waals surface area contributed by atoms with E-state index in [2.05, 4.69) is 36.6 Å². The molecule has 0 fully saturated rings. The molecule has 0 atom stereocenters. The highest BCUT2D eigenvalue weighted by Gasteiger charge is 2.13. The number of carbonyl (C=O) groups excluding carboxylic acids is 2. The normalized spacial score (nSPS) is 11.4. The summed E-state index contributed by atoms with van der Waals surface area (Å²) in [6, 6.07) is 15.1. The smallest absolute Gasteiger partial charge is 0.318 e. The van der Waals surface area contributed by atoms with Gasteiger partial charge in [0.05, 0.1) is 6.21 Å². The summed E-state index contributed by atoms with van der Waals surface area (Å²) in [7, 11) is 0. The van der Waals surface area contributed by atoms with Crippen molar-refractivity contribution in [3.8, 4) is 0 Å². The number of hydrazone groups is 1. The largest absolute Gasteiger partial charge is 0.329 e. The fraction of sp³-hybridized carbons (Fsp3) is 0.250. The van der Waals surface area contributed by atoms with Gasteiger partial charge in [-0.25, -0.2) is 5.43 Å². The molecule has 25 heavy (non-hydrogen) atoms. The molecule has 2 N–H and O–H groups in total. The van der Waals surface area contributed by atoms with Crippen LogP contribution in [0.15, 0.2) is 53.6 Å². The van der Waals surface area contributed by atoms with Gasteiger partial charge >= 0.3 is 11.8 Å². The predicted molar refractivity (Wildman–Crippen MR) is 101 cm³/mol. The summed E-state index contributed by atoms with van der Waals surface area (Å²) < 4.78 is 0. The first kappa shape index (κ1) is 18.4. The van der Waals surface area contributed by atoms with E-state index in [0.717, 1.165) is 11.1 Å². The van der Waals surface area contributed by atoms with E-state index < -0.39 is 11.8 Å². The minimum Gasteiger partial charge on any atom is -0.318 e. The average molecular weight is 337 g/mol. The molecule has 0 saturated carbocycles. The first-order valence-corrected chi connectivity index (χ1v) is 8.07. The number of benzene rings is 2. The van der Waals surface area contributed by atoms with E-state index >= 15 is 0 Å². The van der Waals surface area contributed by atoms with E-state index in [9.17, 15) is 9.59 Å².